The molecule has 0 unspecified atom stereocenters. The first-order valence-electron chi connectivity index (χ1n) is 6.11. The van der Waals surface area contributed by atoms with Crippen LogP contribution in [-0.2, 0) is 6.42 Å². The molecule has 2 aromatic heterocycles. The number of aryl methyl sites for hydroxylation is 3. The molecule has 0 spiro atoms. The van der Waals surface area contributed by atoms with Crippen LogP contribution >= 0.6 is 11.3 Å². The molecule has 0 fully saturated rings. The number of hydrogen-bond acceptors (Lipinski definition) is 4. The number of pyridine rings is 1. The summed E-state index contributed by atoms with van der Waals surface area (Å²) in [7, 11) is 0. The van der Waals surface area contributed by atoms with Crippen LogP contribution in [0.1, 0.15) is 39.3 Å². The number of aromatic nitrogens is 2. The van der Waals surface area contributed by atoms with Crippen molar-refractivity contribution in [2.24, 2.45) is 0 Å². The van der Waals surface area contributed by atoms with Crippen molar-refractivity contribution >= 4 is 17.1 Å². The molecule has 0 amide bonds. The Hall–Kier alpha value is -1.55. The molecule has 2 aromatic rings. The van der Waals surface area contributed by atoms with Gasteiger partial charge in [0.05, 0.1) is 10.6 Å². The fraction of sp³-hybridized carbons (Fsp3) is 0.357. The molecule has 0 aliphatic heterocycles. The van der Waals surface area contributed by atoms with E-state index in [0.717, 1.165) is 45.2 Å². The van der Waals surface area contributed by atoms with Crippen LogP contribution in [-0.4, -0.2) is 15.8 Å². The molecule has 18 heavy (non-hydrogen) atoms. The number of carbonyl (C=O) groups excluding carboxylic acids is 1. The van der Waals surface area contributed by atoms with Gasteiger partial charge in [-0.15, -0.1) is 11.3 Å². The number of thiazole rings is 1. The van der Waals surface area contributed by atoms with Crippen LogP contribution < -0.4 is 0 Å². The van der Waals surface area contributed by atoms with E-state index in [1.807, 2.05) is 20.0 Å². The first kappa shape index (κ1) is 11.5. The monoisotopic (exact) mass is 258 g/mol. The first-order chi connectivity index (χ1) is 8.65. The number of nitrogens with zero attached hydrogens (tertiary/aromatic N) is 2. The Bertz CT molecular complexity index is 631. The molecular weight excluding hydrogens is 244 g/mol. The van der Waals surface area contributed by atoms with Gasteiger partial charge in [0.25, 0.3) is 0 Å². The van der Waals surface area contributed by atoms with Crippen LogP contribution in [0.25, 0.3) is 10.7 Å². The Morgan fingerprint density at radius 3 is 2.83 bits per heavy atom. The lowest BCUT2D eigenvalue weighted by molar-refractivity contribution is 0.0976. The highest BCUT2D eigenvalue weighted by Gasteiger charge is 2.23. The van der Waals surface area contributed by atoms with Crippen molar-refractivity contribution in [1.82, 2.24) is 9.97 Å². The molecular formula is C14H14N2OS. The first-order valence-corrected chi connectivity index (χ1v) is 6.93. The van der Waals surface area contributed by atoms with Crippen molar-refractivity contribution in [2.75, 3.05) is 0 Å². The molecule has 0 aromatic carbocycles. The maximum Gasteiger partial charge on any atom is 0.174 e. The second kappa shape index (κ2) is 4.28. The Labute approximate surface area is 110 Å². The maximum absolute atomic E-state index is 11.8. The van der Waals surface area contributed by atoms with Gasteiger partial charge in [-0.3, -0.25) is 9.78 Å². The smallest absolute Gasteiger partial charge is 0.174 e. The van der Waals surface area contributed by atoms with Gasteiger partial charge in [-0.1, -0.05) is 6.07 Å². The zero-order valence-electron chi connectivity index (χ0n) is 10.5. The number of fused-ring (bicyclic) bond motifs is 1. The summed E-state index contributed by atoms with van der Waals surface area (Å²) in [6.07, 6.45) is 4.36. The molecule has 4 heteroatoms. The Kier molecular flexibility index (Phi) is 2.74. The lowest BCUT2D eigenvalue weighted by atomic mass is 10.0. The van der Waals surface area contributed by atoms with Crippen molar-refractivity contribution in [2.45, 2.75) is 33.1 Å². The van der Waals surface area contributed by atoms with E-state index >= 15 is 0 Å². The Morgan fingerprint density at radius 1 is 1.28 bits per heavy atom. The van der Waals surface area contributed by atoms with E-state index in [2.05, 4.69) is 16.0 Å². The summed E-state index contributed by atoms with van der Waals surface area (Å²) >= 11 is 1.49. The van der Waals surface area contributed by atoms with Gasteiger partial charge < -0.3 is 0 Å². The molecule has 3 rings (SSSR count). The van der Waals surface area contributed by atoms with Gasteiger partial charge in [0.15, 0.2) is 5.78 Å². The van der Waals surface area contributed by atoms with Crippen molar-refractivity contribution in [1.29, 1.82) is 0 Å². The minimum atomic E-state index is 0.241. The highest BCUT2D eigenvalue weighted by Crippen LogP contribution is 2.33. The van der Waals surface area contributed by atoms with Crippen molar-refractivity contribution < 1.29 is 4.79 Å². The third-order valence-electron chi connectivity index (χ3n) is 3.19. The van der Waals surface area contributed by atoms with E-state index in [1.165, 1.54) is 11.3 Å². The van der Waals surface area contributed by atoms with Gasteiger partial charge in [0.2, 0.25) is 0 Å². The van der Waals surface area contributed by atoms with Gasteiger partial charge in [-0.25, -0.2) is 4.98 Å². The van der Waals surface area contributed by atoms with Crippen LogP contribution in [0.15, 0.2) is 12.3 Å². The van der Waals surface area contributed by atoms with E-state index in [1.54, 1.807) is 0 Å². The maximum atomic E-state index is 11.8. The van der Waals surface area contributed by atoms with Crippen LogP contribution in [0.2, 0.25) is 0 Å². The lowest BCUT2D eigenvalue weighted by Gasteiger charge is -2.06. The lowest BCUT2D eigenvalue weighted by Crippen LogP contribution is -2.07. The normalized spacial score (nSPS) is 14.7. The highest BCUT2D eigenvalue weighted by atomic mass is 32.1. The summed E-state index contributed by atoms with van der Waals surface area (Å²) in [5.74, 6) is 0.241. The molecule has 2 heterocycles. The molecule has 0 atom stereocenters. The summed E-state index contributed by atoms with van der Waals surface area (Å²) in [6.45, 7) is 4.07. The van der Waals surface area contributed by atoms with Crippen LogP contribution in [0.5, 0.6) is 0 Å². The van der Waals surface area contributed by atoms with E-state index in [-0.39, 0.29) is 5.78 Å². The predicted octanol–water partition coefficient (Wildman–Crippen LogP) is 3.34. The molecule has 0 bridgehead atoms. The average Bonchev–Trinajstić information content (AvgIpc) is 2.74. The molecule has 1 aliphatic rings. The van der Waals surface area contributed by atoms with Gasteiger partial charge in [0, 0.05) is 12.6 Å². The summed E-state index contributed by atoms with van der Waals surface area (Å²) < 4.78 is 0. The van der Waals surface area contributed by atoms with E-state index in [0.29, 0.717) is 6.42 Å². The third-order valence-corrected chi connectivity index (χ3v) is 4.33. The quantitative estimate of drug-likeness (QED) is 0.788. The zero-order chi connectivity index (χ0) is 12.7. The minimum Gasteiger partial charge on any atom is -0.293 e. The molecule has 92 valence electrons. The molecule has 0 radical (unpaired) electrons. The fourth-order valence-corrected chi connectivity index (χ4v) is 3.45. The second-order valence-electron chi connectivity index (χ2n) is 4.75. The summed E-state index contributed by atoms with van der Waals surface area (Å²) in [4.78, 5) is 21.7. The average molecular weight is 258 g/mol. The Balaban J connectivity index is 2.10. The molecule has 3 nitrogen and oxygen atoms in total. The summed E-state index contributed by atoms with van der Waals surface area (Å²) in [6, 6.07) is 2.10. The molecule has 0 saturated heterocycles. The molecule has 1 aliphatic carbocycles. The van der Waals surface area contributed by atoms with Crippen LogP contribution in [0, 0.1) is 13.8 Å². The standard InChI is InChI=1S/C14H14N2OS/c1-8-6-9(2)12(15-7-8)14-16-10-4-3-5-11(17)13(10)18-14/h6-7H,3-5H2,1-2H3. The van der Waals surface area contributed by atoms with E-state index in [9.17, 15) is 4.79 Å². The van der Waals surface area contributed by atoms with Crippen molar-refractivity contribution in [3.63, 3.8) is 0 Å². The number of ketones is 1. The highest BCUT2D eigenvalue weighted by molar-refractivity contribution is 7.17. The van der Waals surface area contributed by atoms with Crippen LogP contribution in [0.4, 0.5) is 0 Å². The van der Waals surface area contributed by atoms with Crippen LogP contribution in [0.3, 0.4) is 0 Å². The molecule has 0 saturated carbocycles. The summed E-state index contributed by atoms with van der Waals surface area (Å²) in [5, 5.41) is 0.882. The summed E-state index contributed by atoms with van der Waals surface area (Å²) in [5.41, 5.74) is 4.14. The topological polar surface area (TPSA) is 42.9 Å². The second-order valence-corrected chi connectivity index (χ2v) is 5.75. The SMILES string of the molecule is Cc1cnc(-c2nc3c(s2)C(=O)CCC3)c(C)c1. The largest absolute Gasteiger partial charge is 0.293 e. The minimum absolute atomic E-state index is 0.241. The fourth-order valence-electron chi connectivity index (χ4n) is 2.31. The van der Waals surface area contributed by atoms with Gasteiger partial charge in [-0.05, 0) is 37.8 Å². The zero-order valence-corrected chi connectivity index (χ0v) is 11.3. The Morgan fingerprint density at radius 2 is 2.11 bits per heavy atom. The molecule has 0 N–H and O–H groups in total. The van der Waals surface area contributed by atoms with Gasteiger partial charge >= 0.3 is 0 Å². The number of rotatable bonds is 1. The van der Waals surface area contributed by atoms with E-state index in [4.69, 9.17) is 0 Å². The number of Topliss-reactive ketones (excluding diaryl/α,β-unsaturated/α-hetero) is 1. The van der Waals surface area contributed by atoms with Gasteiger partial charge in [-0.2, -0.15) is 0 Å². The predicted molar refractivity (Wildman–Crippen MR) is 72.1 cm³/mol. The number of carbonyl (C=O) groups is 1. The van der Waals surface area contributed by atoms with Gasteiger partial charge in [0.1, 0.15) is 10.7 Å². The number of hydrogen-bond donors (Lipinski definition) is 0. The van der Waals surface area contributed by atoms with E-state index < -0.39 is 0 Å². The van der Waals surface area contributed by atoms with Crippen molar-refractivity contribution in [3.05, 3.63) is 34.0 Å². The van der Waals surface area contributed by atoms with Crippen molar-refractivity contribution in [3.8, 4) is 10.7 Å². The third kappa shape index (κ3) is 1.86.